The van der Waals surface area contributed by atoms with E-state index >= 15 is 0 Å². The van der Waals surface area contributed by atoms with E-state index in [1.54, 1.807) is 0 Å². The fourth-order valence-electron chi connectivity index (χ4n) is 0. The average Bonchev–Trinajstić information content (AvgIpc) is 1.63. The topological polar surface area (TPSA) is 101 Å². The number of hydrogen-bond donors (Lipinski definition) is 3. The van der Waals surface area contributed by atoms with Crippen molar-refractivity contribution in [3.8, 4) is 0 Å². The summed E-state index contributed by atoms with van der Waals surface area (Å²) in [5, 5.41) is 15.3. The minimum absolute atomic E-state index is 0. The number of carboxylic acids is 2. The van der Waals surface area contributed by atoms with E-state index < -0.39 is 18.0 Å². The van der Waals surface area contributed by atoms with E-state index in [2.05, 4.69) is 0 Å². The molecular weight excluding hydrogens is 244 g/mol. The van der Waals surface area contributed by atoms with Crippen molar-refractivity contribution in [3.05, 3.63) is 0 Å². The zero-order valence-corrected chi connectivity index (χ0v) is 7.74. The Morgan fingerprint density at radius 3 is 1.45 bits per heavy atom. The quantitative estimate of drug-likeness (QED) is 0.549. The second-order valence-corrected chi connectivity index (χ2v) is 1.65. The first-order valence-corrected chi connectivity index (χ1v) is 2.55. The third kappa shape index (κ3) is 43.1. The molecular formula is C5H11NO4Pd. The van der Waals surface area contributed by atoms with Crippen LogP contribution in [0.3, 0.4) is 0 Å². The smallest absolute Gasteiger partial charge is 0.320 e. The largest absolute Gasteiger partial charge is 0.481 e. The summed E-state index contributed by atoms with van der Waals surface area (Å²) >= 11 is 0. The van der Waals surface area contributed by atoms with Gasteiger partial charge in [-0.3, -0.25) is 9.59 Å². The van der Waals surface area contributed by atoms with Crippen LogP contribution in [0.4, 0.5) is 0 Å². The second kappa shape index (κ2) is 9.56. The first-order chi connectivity index (χ1) is 4.37. The van der Waals surface area contributed by atoms with Crippen LogP contribution in [0.1, 0.15) is 13.8 Å². The van der Waals surface area contributed by atoms with Crippen LogP contribution in [-0.2, 0) is 30.0 Å². The Kier molecular flexibility index (Phi) is 14.7. The second-order valence-electron chi connectivity index (χ2n) is 1.65. The Hall–Kier alpha value is -0.438. The SMILES string of the molecule is CC(=O)O.CC(N)C(=O)O.[Pd]. The van der Waals surface area contributed by atoms with Gasteiger partial charge in [-0.25, -0.2) is 0 Å². The van der Waals surface area contributed by atoms with Gasteiger partial charge >= 0.3 is 5.97 Å². The Bertz CT molecular complexity index is 122. The van der Waals surface area contributed by atoms with Crippen molar-refractivity contribution in [2.45, 2.75) is 19.9 Å². The fourth-order valence-corrected chi connectivity index (χ4v) is 0. The van der Waals surface area contributed by atoms with Crippen molar-refractivity contribution >= 4 is 11.9 Å². The molecule has 5 nitrogen and oxygen atoms in total. The molecule has 0 heterocycles. The summed E-state index contributed by atoms with van der Waals surface area (Å²) in [6.45, 7) is 2.50. The maximum atomic E-state index is 9.57. The van der Waals surface area contributed by atoms with Crippen molar-refractivity contribution in [1.82, 2.24) is 0 Å². The predicted molar refractivity (Wildman–Crippen MR) is 34.6 cm³/mol. The summed E-state index contributed by atoms with van der Waals surface area (Å²) in [6, 6.07) is -0.731. The molecule has 0 aliphatic carbocycles. The molecule has 0 aromatic carbocycles. The van der Waals surface area contributed by atoms with E-state index in [9.17, 15) is 4.79 Å². The molecule has 0 spiro atoms. The van der Waals surface area contributed by atoms with Gasteiger partial charge in [0.15, 0.2) is 0 Å². The number of hydrogen-bond acceptors (Lipinski definition) is 3. The molecule has 1 atom stereocenters. The standard InChI is InChI=1S/C3H7NO2.C2H4O2.Pd/c1-2(4)3(5)6;1-2(3)4;/h2H,4H2,1H3,(H,5,6);1H3,(H,3,4);. The van der Waals surface area contributed by atoms with Crippen LogP contribution in [0, 0.1) is 0 Å². The summed E-state index contributed by atoms with van der Waals surface area (Å²) < 4.78 is 0. The molecule has 0 aromatic heterocycles. The van der Waals surface area contributed by atoms with Crippen LogP contribution in [-0.4, -0.2) is 28.2 Å². The van der Waals surface area contributed by atoms with Gasteiger partial charge in [0.1, 0.15) is 6.04 Å². The van der Waals surface area contributed by atoms with Crippen LogP contribution < -0.4 is 5.73 Å². The Morgan fingerprint density at radius 2 is 1.45 bits per heavy atom. The molecule has 6 heteroatoms. The fraction of sp³-hybridized carbons (Fsp3) is 0.600. The molecule has 0 amide bonds. The number of carbonyl (C=O) groups is 2. The summed E-state index contributed by atoms with van der Waals surface area (Å²) in [6.07, 6.45) is 0. The zero-order chi connectivity index (χ0) is 8.73. The van der Waals surface area contributed by atoms with Crippen molar-refractivity contribution < 1.29 is 40.2 Å². The summed E-state index contributed by atoms with van der Waals surface area (Å²) in [7, 11) is 0. The van der Waals surface area contributed by atoms with Crippen molar-refractivity contribution in [2.24, 2.45) is 5.73 Å². The monoisotopic (exact) mass is 255 g/mol. The van der Waals surface area contributed by atoms with Crippen molar-refractivity contribution in [1.29, 1.82) is 0 Å². The van der Waals surface area contributed by atoms with Gasteiger partial charge in [-0.15, -0.1) is 0 Å². The molecule has 0 aliphatic rings. The molecule has 4 N–H and O–H groups in total. The molecule has 0 radical (unpaired) electrons. The molecule has 0 saturated heterocycles. The van der Waals surface area contributed by atoms with Gasteiger partial charge in [0, 0.05) is 27.3 Å². The van der Waals surface area contributed by atoms with E-state index in [1.807, 2.05) is 0 Å². The molecule has 0 rings (SSSR count). The van der Waals surface area contributed by atoms with Gasteiger partial charge in [0.05, 0.1) is 0 Å². The Balaban J connectivity index is -0.000000114. The molecule has 0 bridgehead atoms. The minimum atomic E-state index is -0.963. The Morgan fingerprint density at radius 1 is 1.36 bits per heavy atom. The van der Waals surface area contributed by atoms with E-state index in [1.165, 1.54) is 6.92 Å². The summed E-state index contributed by atoms with van der Waals surface area (Å²) in [5.41, 5.74) is 4.84. The molecule has 0 aromatic rings. The van der Waals surface area contributed by atoms with Crippen LogP contribution >= 0.6 is 0 Å². The third-order valence-electron chi connectivity index (χ3n) is 0.390. The average molecular weight is 256 g/mol. The van der Waals surface area contributed by atoms with Crippen LogP contribution in [0.15, 0.2) is 0 Å². The minimum Gasteiger partial charge on any atom is -0.481 e. The van der Waals surface area contributed by atoms with Crippen LogP contribution in [0.5, 0.6) is 0 Å². The van der Waals surface area contributed by atoms with E-state index in [0.29, 0.717) is 0 Å². The maximum absolute atomic E-state index is 9.57. The molecule has 11 heavy (non-hydrogen) atoms. The predicted octanol–water partition coefficient (Wildman–Crippen LogP) is -0.493. The Labute approximate surface area is 78.2 Å². The normalized spacial score (nSPS) is 9.73. The third-order valence-corrected chi connectivity index (χ3v) is 0.390. The van der Waals surface area contributed by atoms with E-state index in [-0.39, 0.29) is 20.4 Å². The maximum Gasteiger partial charge on any atom is 0.320 e. The van der Waals surface area contributed by atoms with Gasteiger partial charge in [-0.05, 0) is 6.92 Å². The first-order valence-electron chi connectivity index (χ1n) is 2.55. The van der Waals surface area contributed by atoms with Crippen LogP contribution in [0.25, 0.3) is 0 Å². The van der Waals surface area contributed by atoms with Gasteiger partial charge in [-0.1, -0.05) is 0 Å². The van der Waals surface area contributed by atoms with E-state index in [4.69, 9.17) is 20.7 Å². The number of aliphatic carboxylic acids is 2. The van der Waals surface area contributed by atoms with Crippen molar-refractivity contribution in [3.63, 3.8) is 0 Å². The summed E-state index contributed by atoms with van der Waals surface area (Å²) in [4.78, 5) is 18.6. The van der Waals surface area contributed by atoms with Gasteiger partial charge in [0.25, 0.3) is 5.97 Å². The number of carboxylic acid groups (broad SMARTS) is 2. The number of nitrogens with two attached hydrogens (primary N) is 1. The van der Waals surface area contributed by atoms with Crippen LogP contribution in [0.2, 0.25) is 0 Å². The zero-order valence-electron chi connectivity index (χ0n) is 6.18. The van der Waals surface area contributed by atoms with Gasteiger partial charge < -0.3 is 15.9 Å². The molecule has 0 aliphatic heterocycles. The molecule has 1 unspecified atom stereocenters. The summed E-state index contributed by atoms with van der Waals surface area (Å²) in [5.74, 6) is -1.80. The molecule has 70 valence electrons. The first kappa shape index (κ1) is 16.9. The number of rotatable bonds is 1. The molecule has 0 saturated carbocycles. The van der Waals surface area contributed by atoms with E-state index in [0.717, 1.165) is 6.92 Å². The van der Waals surface area contributed by atoms with Crippen molar-refractivity contribution in [2.75, 3.05) is 0 Å². The van der Waals surface area contributed by atoms with Gasteiger partial charge in [0.2, 0.25) is 0 Å². The van der Waals surface area contributed by atoms with Gasteiger partial charge in [-0.2, -0.15) is 0 Å². The molecule has 0 fully saturated rings.